The lowest BCUT2D eigenvalue weighted by molar-refractivity contribution is 0.421. The monoisotopic (exact) mass is 218 g/mol. The van der Waals surface area contributed by atoms with Gasteiger partial charge in [-0.25, -0.2) is 0 Å². The van der Waals surface area contributed by atoms with Gasteiger partial charge in [0, 0.05) is 17.8 Å². The molecule has 0 amide bonds. The summed E-state index contributed by atoms with van der Waals surface area (Å²) in [6.07, 6.45) is 1.08. The van der Waals surface area contributed by atoms with Crippen molar-refractivity contribution in [2.45, 2.75) is 20.3 Å². The maximum Gasteiger partial charge on any atom is 0.157 e. The Kier molecular flexibility index (Phi) is 2.99. The summed E-state index contributed by atoms with van der Waals surface area (Å²) in [5.41, 5.74) is 12.1. The molecule has 1 aromatic carbocycles. The molecule has 4 heteroatoms. The van der Waals surface area contributed by atoms with Crippen molar-refractivity contribution in [2.75, 3.05) is 18.9 Å². The molecule has 4 nitrogen and oxygen atoms in total. The molecule has 2 heterocycles. The van der Waals surface area contributed by atoms with Gasteiger partial charge in [-0.05, 0) is 24.1 Å². The van der Waals surface area contributed by atoms with Gasteiger partial charge in [-0.2, -0.15) is 5.10 Å². The number of nitrogens with two attached hydrogens (primary N) is 1. The van der Waals surface area contributed by atoms with E-state index in [0.717, 1.165) is 31.2 Å². The number of nitrogens with one attached hydrogen (secondary N) is 1. The van der Waals surface area contributed by atoms with E-state index in [2.05, 4.69) is 21.5 Å². The largest absolute Gasteiger partial charge is 0.399 e. The molecule has 2 aliphatic rings. The van der Waals surface area contributed by atoms with E-state index in [1.165, 1.54) is 11.1 Å². The summed E-state index contributed by atoms with van der Waals surface area (Å²) in [5.74, 6) is 1.04. The summed E-state index contributed by atoms with van der Waals surface area (Å²) in [4.78, 5) is 2.24. The van der Waals surface area contributed by atoms with Gasteiger partial charge in [0.05, 0.1) is 0 Å². The lowest BCUT2D eigenvalue weighted by Gasteiger charge is -2.26. The van der Waals surface area contributed by atoms with E-state index < -0.39 is 0 Å². The van der Waals surface area contributed by atoms with Crippen molar-refractivity contribution in [2.24, 2.45) is 5.10 Å². The first kappa shape index (κ1) is 10.8. The number of nitrogen functional groups attached to an aromatic ring is 1. The van der Waals surface area contributed by atoms with Crippen LogP contribution in [0.25, 0.3) is 0 Å². The number of amidine groups is 1. The molecule has 0 unspecified atom stereocenters. The van der Waals surface area contributed by atoms with Crippen molar-refractivity contribution in [1.29, 1.82) is 0 Å². The molecular weight excluding hydrogens is 200 g/mol. The van der Waals surface area contributed by atoms with Gasteiger partial charge in [0.1, 0.15) is 6.67 Å². The van der Waals surface area contributed by atoms with Gasteiger partial charge < -0.3 is 10.6 Å². The molecule has 16 heavy (non-hydrogen) atoms. The third-order valence-electron chi connectivity index (χ3n) is 2.77. The number of hydrogen-bond acceptors (Lipinski definition) is 4. The maximum absolute atomic E-state index is 5.77. The highest BCUT2D eigenvalue weighted by Crippen LogP contribution is 2.22. The molecule has 0 aliphatic carbocycles. The van der Waals surface area contributed by atoms with Crippen LogP contribution < -0.4 is 11.2 Å². The summed E-state index contributed by atoms with van der Waals surface area (Å²) < 4.78 is 0. The van der Waals surface area contributed by atoms with Crippen LogP contribution in [0.1, 0.15) is 25.0 Å². The minimum atomic E-state index is 0.806. The molecule has 3 rings (SSSR count). The zero-order valence-electron chi connectivity index (χ0n) is 9.83. The van der Waals surface area contributed by atoms with Crippen LogP contribution in [0.15, 0.2) is 23.3 Å². The van der Waals surface area contributed by atoms with Crippen molar-refractivity contribution in [1.82, 2.24) is 10.3 Å². The van der Waals surface area contributed by atoms with E-state index in [-0.39, 0.29) is 0 Å². The Bertz CT molecular complexity index is 411. The zero-order valence-corrected chi connectivity index (χ0v) is 9.83. The topological polar surface area (TPSA) is 53.6 Å². The van der Waals surface area contributed by atoms with Gasteiger partial charge in [0.2, 0.25) is 0 Å². The number of rotatable bonds is 0. The SMILES string of the molecule is CC.Nc1ccc2c(c1)C1=NNCN1CC2. The van der Waals surface area contributed by atoms with E-state index >= 15 is 0 Å². The fourth-order valence-corrected chi connectivity index (χ4v) is 2.03. The quantitative estimate of drug-likeness (QED) is 0.647. The normalized spacial score (nSPS) is 16.4. The first-order valence-corrected chi connectivity index (χ1v) is 5.79. The standard InChI is InChI=1S/C10H12N4.C2H6/c11-8-2-1-7-3-4-14-6-12-13-10(14)9(7)5-8;1-2/h1-2,5,12H,3-4,6,11H2;1-2H3. The van der Waals surface area contributed by atoms with Crippen molar-refractivity contribution in [3.05, 3.63) is 29.3 Å². The molecule has 0 aromatic heterocycles. The van der Waals surface area contributed by atoms with Crippen molar-refractivity contribution < 1.29 is 0 Å². The first-order chi connectivity index (χ1) is 7.84. The second-order valence-electron chi connectivity index (χ2n) is 3.68. The predicted octanol–water partition coefficient (Wildman–Crippen LogP) is 1.38. The second-order valence-corrected chi connectivity index (χ2v) is 3.68. The van der Waals surface area contributed by atoms with Crippen molar-refractivity contribution in [3.8, 4) is 0 Å². The summed E-state index contributed by atoms with van der Waals surface area (Å²) in [6, 6.07) is 6.06. The Hall–Kier alpha value is -1.71. The highest BCUT2D eigenvalue weighted by Gasteiger charge is 2.25. The number of nitrogens with zero attached hydrogens (tertiary/aromatic N) is 2. The molecule has 0 saturated carbocycles. The average molecular weight is 218 g/mol. The Morgan fingerprint density at radius 3 is 3.00 bits per heavy atom. The van der Waals surface area contributed by atoms with Crippen molar-refractivity contribution in [3.63, 3.8) is 0 Å². The number of anilines is 1. The van der Waals surface area contributed by atoms with Crippen LogP contribution in [0, 0.1) is 0 Å². The fraction of sp³-hybridized carbons (Fsp3) is 0.417. The minimum absolute atomic E-state index is 0.806. The van der Waals surface area contributed by atoms with E-state index in [4.69, 9.17) is 5.73 Å². The number of benzene rings is 1. The Balaban J connectivity index is 0.000000457. The van der Waals surface area contributed by atoms with Crippen molar-refractivity contribution >= 4 is 11.5 Å². The van der Waals surface area contributed by atoms with Crippen LogP contribution in [0.5, 0.6) is 0 Å². The number of hydrogen-bond donors (Lipinski definition) is 2. The molecule has 0 radical (unpaired) electrons. The molecule has 0 saturated heterocycles. The summed E-state index contributed by atoms with van der Waals surface area (Å²) in [5, 5.41) is 4.28. The summed E-state index contributed by atoms with van der Waals surface area (Å²) >= 11 is 0. The zero-order chi connectivity index (χ0) is 11.5. The average Bonchev–Trinajstić information content (AvgIpc) is 2.80. The highest BCUT2D eigenvalue weighted by molar-refractivity contribution is 6.02. The maximum atomic E-state index is 5.77. The van der Waals surface area contributed by atoms with E-state index in [9.17, 15) is 0 Å². The predicted molar refractivity (Wildman–Crippen MR) is 67.2 cm³/mol. The molecule has 1 aromatic rings. The third-order valence-corrected chi connectivity index (χ3v) is 2.77. The van der Waals surface area contributed by atoms with Crippen LogP contribution in [-0.2, 0) is 6.42 Å². The number of fused-ring (bicyclic) bond motifs is 3. The van der Waals surface area contributed by atoms with Crippen LogP contribution in [0.3, 0.4) is 0 Å². The van der Waals surface area contributed by atoms with E-state index in [1.807, 2.05) is 26.0 Å². The summed E-state index contributed by atoms with van der Waals surface area (Å²) in [7, 11) is 0. The van der Waals surface area contributed by atoms with Gasteiger partial charge >= 0.3 is 0 Å². The molecule has 0 atom stereocenters. The molecular formula is C12H18N4. The Labute approximate surface area is 96.1 Å². The van der Waals surface area contributed by atoms with Crippen LogP contribution in [-0.4, -0.2) is 23.9 Å². The lowest BCUT2D eigenvalue weighted by atomic mass is 9.98. The first-order valence-electron chi connectivity index (χ1n) is 5.79. The molecule has 0 bridgehead atoms. The number of hydrazone groups is 1. The Morgan fingerprint density at radius 2 is 2.19 bits per heavy atom. The van der Waals surface area contributed by atoms with E-state index in [1.54, 1.807) is 0 Å². The molecule has 86 valence electrons. The van der Waals surface area contributed by atoms with Crippen LogP contribution in [0.4, 0.5) is 5.69 Å². The molecule has 2 aliphatic heterocycles. The Morgan fingerprint density at radius 1 is 1.38 bits per heavy atom. The van der Waals surface area contributed by atoms with E-state index in [0.29, 0.717) is 0 Å². The second kappa shape index (κ2) is 4.43. The summed E-state index contributed by atoms with van der Waals surface area (Å²) in [6.45, 7) is 5.87. The highest BCUT2D eigenvalue weighted by atomic mass is 15.5. The molecule has 3 N–H and O–H groups in total. The minimum Gasteiger partial charge on any atom is -0.399 e. The third kappa shape index (κ3) is 1.71. The lowest BCUT2D eigenvalue weighted by Crippen LogP contribution is -2.36. The smallest absolute Gasteiger partial charge is 0.157 e. The van der Waals surface area contributed by atoms with Gasteiger partial charge in [0.15, 0.2) is 5.84 Å². The molecule has 0 spiro atoms. The van der Waals surface area contributed by atoms with Crippen LogP contribution in [0.2, 0.25) is 0 Å². The fourth-order valence-electron chi connectivity index (χ4n) is 2.03. The van der Waals surface area contributed by atoms with Gasteiger partial charge in [0.25, 0.3) is 0 Å². The van der Waals surface area contributed by atoms with Gasteiger partial charge in [-0.15, -0.1) is 0 Å². The molecule has 0 fully saturated rings. The van der Waals surface area contributed by atoms with Gasteiger partial charge in [-0.1, -0.05) is 19.9 Å². The van der Waals surface area contributed by atoms with Crippen LogP contribution >= 0.6 is 0 Å². The van der Waals surface area contributed by atoms with Gasteiger partial charge in [-0.3, -0.25) is 5.43 Å².